The zero-order valence-electron chi connectivity index (χ0n) is 57.5. The molecule has 1 aliphatic rings. The van der Waals surface area contributed by atoms with E-state index in [0.717, 1.165) is 5.56 Å². The molecule has 0 radical (unpaired) electrons. The molecule has 1 heterocycles. The largest absolute Gasteiger partial charge is 0.370 e. The Morgan fingerprint density at radius 1 is 0.485 bits per heavy atom. The van der Waals surface area contributed by atoms with Crippen LogP contribution in [0.3, 0.4) is 0 Å². The second kappa shape index (κ2) is 45.3. The number of thiol groups is 2. The summed E-state index contributed by atoms with van der Waals surface area (Å²) in [5, 5.41) is 24.7. The molecule has 101 heavy (non-hydrogen) atoms. The SMILES string of the molecule is CC(C)C[C@H](NC(=O)[C@H](Cc1ccccc1)NC(=O)CCCCCNC(=O)[C@@H](N)CS)C(=O)N[C@@H](Cc1ccccc1)C(=O)N[C@@H](CCCN=C(N)N)C(=O)N1Cc2ccccc2C[C@@H]1C(=O)N[C@@H](CCCN=C(N)N)C(=O)N[C@@H](CC(N)=O)C(=O)NCCCCCC(=O)N[C@@H](CS)C(N)=O. The summed E-state index contributed by atoms with van der Waals surface area (Å²) in [6.45, 7) is 3.98. The maximum atomic E-state index is 15.5. The molecule has 0 saturated heterocycles. The first-order chi connectivity index (χ1) is 48.2. The number of primary amides is 2. The van der Waals surface area contributed by atoms with E-state index in [1.807, 2.05) is 19.9 Å². The highest BCUT2D eigenvalue weighted by atomic mass is 32.1. The average Bonchev–Trinajstić information content (AvgIpc) is 0.786. The molecule has 12 amide bonds. The monoisotopic (exact) mass is 1440 g/mol. The number of hydrogen-bond acceptors (Lipinski definition) is 17. The summed E-state index contributed by atoms with van der Waals surface area (Å²) in [7, 11) is 0. The van der Waals surface area contributed by atoms with Crippen LogP contribution in [0.1, 0.15) is 126 Å². The molecule has 33 heteroatoms. The lowest BCUT2D eigenvalue weighted by atomic mass is 9.92. The smallest absolute Gasteiger partial charge is 0.246 e. The molecule has 0 aromatic heterocycles. The minimum Gasteiger partial charge on any atom is -0.370 e. The van der Waals surface area contributed by atoms with Crippen molar-refractivity contribution in [3.05, 3.63) is 107 Å². The number of nitrogens with zero attached hydrogens (tertiary/aromatic N) is 3. The average molecular weight is 1440 g/mol. The van der Waals surface area contributed by atoms with Gasteiger partial charge < -0.3 is 92.9 Å². The third-order valence-electron chi connectivity index (χ3n) is 16.4. The summed E-state index contributed by atoms with van der Waals surface area (Å²) >= 11 is 8.08. The van der Waals surface area contributed by atoms with Crippen molar-refractivity contribution in [2.75, 3.05) is 37.7 Å². The first-order valence-corrected chi connectivity index (χ1v) is 35.2. The van der Waals surface area contributed by atoms with Crippen molar-refractivity contribution in [1.29, 1.82) is 0 Å². The molecule has 0 bridgehead atoms. The third-order valence-corrected chi connectivity index (χ3v) is 17.1. The van der Waals surface area contributed by atoms with Crippen LogP contribution in [0, 0.1) is 5.92 Å². The van der Waals surface area contributed by atoms with Crippen LogP contribution < -0.4 is 88.0 Å². The second-order valence-electron chi connectivity index (χ2n) is 25.2. The van der Waals surface area contributed by atoms with E-state index < -0.39 is 126 Å². The minimum atomic E-state index is -1.52. The van der Waals surface area contributed by atoms with Crippen molar-refractivity contribution in [3.8, 4) is 0 Å². The summed E-state index contributed by atoms with van der Waals surface area (Å²) in [6, 6.07) is 13.6. The molecular formula is C68H103N19O12S2. The van der Waals surface area contributed by atoms with Crippen LogP contribution in [-0.4, -0.2) is 180 Å². The molecule has 0 fully saturated rings. The third kappa shape index (κ3) is 31.7. The van der Waals surface area contributed by atoms with Crippen molar-refractivity contribution in [2.45, 2.75) is 184 Å². The fourth-order valence-electron chi connectivity index (χ4n) is 11.0. The van der Waals surface area contributed by atoms with E-state index in [4.69, 9.17) is 40.1 Å². The van der Waals surface area contributed by atoms with E-state index in [1.54, 1.807) is 78.9 Å². The minimum absolute atomic E-state index is 0.00735. The molecule has 23 N–H and O–H groups in total. The van der Waals surface area contributed by atoms with Gasteiger partial charge in [-0.1, -0.05) is 112 Å². The Bertz CT molecular complexity index is 3290. The van der Waals surface area contributed by atoms with Gasteiger partial charge in [0.15, 0.2) is 11.9 Å². The molecule has 3 aromatic carbocycles. The van der Waals surface area contributed by atoms with Crippen LogP contribution in [0.5, 0.6) is 0 Å². The van der Waals surface area contributed by atoms with Gasteiger partial charge in [0.1, 0.15) is 48.3 Å². The van der Waals surface area contributed by atoms with Crippen molar-refractivity contribution in [2.24, 2.45) is 56.0 Å². The molecule has 0 aliphatic carbocycles. The van der Waals surface area contributed by atoms with E-state index in [2.05, 4.69) is 83.1 Å². The second-order valence-corrected chi connectivity index (χ2v) is 25.9. The number of rotatable bonds is 46. The van der Waals surface area contributed by atoms with Crippen LogP contribution >= 0.6 is 25.3 Å². The number of benzene rings is 3. The van der Waals surface area contributed by atoms with Crippen LogP contribution in [0.2, 0.25) is 0 Å². The summed E-state index contributed by atoms with van der Waals surface area (Å²) in [5.41, 5.74) is 41.9. The lowest BCUT2D eigenvalue weighted by Crippen LogP contribution is -2.62. The lowest BCUT2D eigenvalue weighted by Gasteiger charge is -2.39. The zero-order valence-corrected chi connectivity index (χ0v) is 59.3. The van der Waals surface area contributed by atoms with E-state index in [9.17, 15) is 43.2 Å². The fourth-order valence-corrected chi connectivity index (χ4v) is 11.4. The highest BCUT2D eigenvalue weighted by Gasteiger charge is 2.41. The predicted molar refractivity (Wildman–Crippen MR) is 389 cm³/mol. The molecular weight excluding hydrogens is 1340 g/mol. The number of carbonyl (C=O) groups excluding carboxylic acids is 12. The molecule has 0 saturated carbocycles. The summed E-state index contributed by atoms with van der Waals surface area (Å²) in [4.78, 5) is 174. The van der Waals surface area contributed by atoms with Crippen molar-refractivity contribution >= 4 is 108 Å². The first-order valence-electron chi connectivity index (χ1n) is 34.0. The Kier molecular flexibility index (Phi) is 37.6. The summed E-state index contributed by atoms with van der Waals surface area (Å²) in [5.74, 6) is -8.71. The van der Waals surface area contributed by atoms with Crippen LogP contribution in [0.4, 0.5) is 0 Å². The normalized spacial score (nSPS) is 14.8. The van der Waals surface area contributed by atoms with Gasteiger partial charge >= 0.3 is 0 Å². The van der Waals surface area contributed by atoms with Gasteiger partial charge in [-0.2, -0.15) is 25.3 Å². The van der Waals surface area contributed by atoms with Gasteiger partial charge in [0.2, 0.25) is 70.9 Å². The van der Waals surface area contributed by atoms with Gasteiger partial charge in [-0.05, 0) is 86.0 Å². The van der Waals surface area contributed by atoms with Gasteiger partial charge in [-0.25, -0.2) is 0 Å². The number of aliphatic imine (C=N–C) groups is 2. The first kappa shape index (κ1) is 83.9. The Morgan fingerprint density at radius 3 is 1.45 bits per heavy atom. The Hall–Kier alpha value is -9.50. The maximum Gasteiger partial charge on any atom is 0.246 e. The molecule has 4 rings (SSSR count). The van der Waals surface area contributed by atoms with Gasteiger partial charge in [0, 0.05) is 76.3 Å². The fraction of sp³-hybridized carbons (Fsp3) is 0.529. The van der Waals surface area contributed by atoms with Crippen molar-refractivity contribution < 1.29 is 57.5 Å². The zero-order chi connectivity index (χ0) is 74.4. The molecule has 1 aliphatic heterocycles. The van der Waals surface area contributed by atoms with E-state index in [1.165, 1.54) is 4.90 Å². The van der Waals surface area contributed by atoms with Crippen LogP contribution in [0.15, 0.2) is 94.9 Å². The number of unbranched alkanes of at least 4 members (excludes halogenated alkanes) is 4. The number of amides is 12. The van der Waals surface area contributed by atoms with Gasteiger partial charge in [-0.3, -0.25) is 67.5 Å². The number of nitrogens with one attached hydrogen (secondary N) is 9. The van der Waals surface area contributed by atoms with E-state index >= 15 is 14.4 Å². The van der Waals surface area contributed by atoms with Gasteiger partial charge in [0.05, 0.1) is 12.5 Å². The number of hydrogen-bond donors (Lipinski definition) is 18. The topological polar surface area (TPSA) is 523 Å². The Balaban J connectivity index is 1.64. The number of fused-ring (bicyclic) bond motifs is 1. The molecule has 0 spiro atoms. The lowest BCUT2D eigenvalue weighted by molar-refractivity contribution is -0.146. The standard InChI is InChI=1S/C68H103N19O12S2/c1-41(2)33-49(84-63(96)50(34-42-19-7-3-8-20-42)80-56(89)27-11-5-15-29-76-59(92)46(69)39-100)62(95)85-51(35-43-21-9-4-10-22-43)64(97)83-48(26-18-32-79-68(74)75)66(99)87-38-45-24-14-13-23-44(45)36-54(87)65(98)82-47(25-17-31-78-67(72)73)61(94)86-52(37-55(70)88)60(93)77-30-16-6-12-28-57(90)81-53(40-101)58(71)91/h3-4,7-10,13-14,19-24,41,46-54,100-101H,5-6,11-12,15-18,25-40,69H2,1-2H3,(H2,70,88)(H2,71,91)(H,76,92)(H,77,93)(H,80,89)(H,81,90)(H,82,98)(H,83,97)(H,84,96)(H,85,95)(H,86,94)(H4,72,73,78)(H4,74,75,79)/t46-,47-,48-,49-,50-,51-,52-,53-,54+/m0/s1. The predicted octanol–water partition coefficient (Wildman–Crippen LogP) is -2.13. The van der Waals surface area contributed by atoms with Crippen molar-refractivity contribution in [1.82, 2.24) is 52.8 Å². The molecule has 31 nitrogen and oxygen atoms in total. The Labute approximate surface area is 600 Å². The van der Waals surface area contributed by atoms with Crippen molar-refractivity contribution in [3.63, 3.8) is 0 Å². The highest BCUT2D eigenvalue weighted by molar-refractivity contribution is 7.80. The van der Waals surface area contributed by atoms with Gasteiger partial charge in [-0.15, -0.1) is 0 Å². The van der Waals surface area contributed by atoms with Crippen LogP contribution in [0.25, 0.3) is 0 Å². The quantitative estimate of drug-likeness (QED) is 0.0124. The Morgan fingerprint density at radius 2 is 0.941 bits per heavy atom. The van der Waals surface area contributed by atoms with Crippen LogP contribution in [-0.2, 0) is 83.3 Å². The molecule has 3 aromatic rings. The number of guanidine groups is 2. The maximum absolute atomic E-state index is 15.5. The highest BCUT2D eigenvalue weighted by Crippen LogP contribution is 2.26. The summed E-state index contributed by atoms with van der Waals surface area (Å²) in [6.07, 6.45) is 2.32. The van der Waals surface area contributed by atoms with E-state index in [0.29, 0.717) is 61.8 Å². The van der Waals surface area contributed by atoms with Gasteiger partial charge in [0.25, 0.3) is 0 Å². The molecule has 0 unspecified atom stereocenters. The number of nitrogens with two attached hydrogens (primary N) is 7. The number of carbonyl (C=O) groups is 12. The molecule has 9 atom stereocenters. The summed E-state index contributed by atoms with van der Waals surface area (Å²) < 4.78 is 0. The van der Waals surface area contributed by atoms with E-state index in [-0.39, 0.29) is 126 Å². The molecule has 554 valence electrons.